The van der Waals surface area contributed by atoms with Gasteiger partial charge >= 0.3 is 0 Å². The Morgan fingerprint density at radius 2 is 1.74 bits per heavy atom. The number of hydrogen-bond acceptors (Lipinski definition) is 2. The number of allylic oxidation sites excluding steroid dienone is 1. The zero-order valence-corrected chi connectivity index (χ0v) is 11.4. The van der Waals surface area contributed by atoms with Crippen molar-refractivity contribution in [2.45, 2.75) is 38.5 Å². The van der Waals surface area contributed by atoms with Crippen LogP contribution in [0.5, 0.6) is 0 Å². The molecule has 1 fully saturated rings. The lowest BCUT2D eigenvalue weighted by Gasteiger charge is -2.15. The van der Waals surface area contributed by atoms with Gasteiger partial charge in [-0.15, -0.1) is 0 Å². The van der Waals surface area contributed by atoms with Crippen LogP contribution < -0.4 is 0 Å². The Morgan fingerprint density at radius 3 is 2.42 bits per heavy atom. The smallest absolute Gasteiger partial charge is 0.135 e. The van der Waals surface area contributed by atoms with Gasteiger partial charge in [-0.05, 0) is 25.7 Å². The molecule has 0 atom stereocenters. The molecule has 2 nitrogen and oxygen atoms in total. The molecule has 0 aliphatic heterocycles. The molecule has 1 saturated carbocycles. The van der Waals surface area contributed by atoms with E-state index in [9.17, 15) is 4.39 Å². The Bertz CT molecular complexity index is 465. The fourth-order valence-electron chi connectivity index (χ4n) is 2.45. The minimum Gasteiger partial charge on any atom is -0.399 e. The average molecular weight is 261 g/mol. The summed E-state index contributed by atoms with van der Waals surface area (Å²) in [4.78, 5) is 4.88. The van der Waals surface area contributed by atoms with Crippen molar-refractivity contribution < 1.29 is 9.23 Å². The predicted octanol–water partition coefficient (Wildman–Crippen LogP) is 4.72. The molecule has 1 aromatic carbocycles. The topological polar surface area (TPSA) is 21.6 Å². The van der Waals surface area contributed by atoms with Gasteiger partial charge in [0.2, 0.25) is 0 Å². The maximum absolute atomic E-state index is 14.7. The molecular weight excluding hydrogens is 241 g/mol. The van der Waals surface area contributed by atoms with Crippen molar-refractivity contribution in [1.82, 2.24) is 0 Å². The standard InChI is InChI=1S/C16H20FNO/c1-19-18-15-12-8-3-2-7-11-14(15)16(17)13-9-5-4-6-10-13/h4-6,9-10H,2-3,7-8,11-12H2,1H3/b16-14-,18-15+. The van der Waals surface area contributed by atoms with Crippen LogP contribution in [0.25, 0.3) is 5.83 Å². The summed E-state index contributed by atoms with van der Waals surface area (Å²) in [5.74, 6) is -0.154. The van der Waals surface area contributed by atoms with Gasteiger partial charge < -0.3 is 4.84 Å². The van der Waals surface area contributed by atoms with Gasteiger partial charge in [-0.25, -0.2) is 4.39 Å². The van der Waals surface area contributed by atoms with E-state index in [4.69, 9.17) is 4.84 Å². The molecule has 1 aromatic rings. The molecule has 1 aliphatic carbocycles. The lowest BCUT2D eigenvalue weighted by atomic mass is 9.92. The highest BCUT2D eigenvalue weighted by atomic mass is 19.1. The Morgan fingerprint density at radius 1 is 1.05 bits per heavy atom. The normalized spacial score (nSPS) is 21.7. The maximum atomic E-state index is 14.7. The first-order valence-corrected chi connectivity index (χ1v) is 6.87. The number of rotatable bonds is 2. The van der Waals surface area contributed by atoms with E-state index in [0.29, 0.717) is 11.1 Å². The molecule has 1 aliphatic rings. The second-order valence-corrected chi connectivity index (χ2v) is 4.79. The van der Waals surface area contributed by atoms with Crippen LogP contribution >= 0.6 is 0 Å². The molecule has 19 heavy (non-hydrogen) atoms. The van der Waals surface area contributed by atoms with Crippen LogP contribution in [0.1, 0.15) is 44.1 Å². The van der Waals surface area contributed by atoms with Gasteiger partial charge in [-0.3, -0.25) is 0 Å². The number of halogens is 1. The van der Waals surface area contributed by atoms with Crippen molar-refractivity contribution in [3.8, 4) is 0 Å². The molecule has 2 rings (SSSR count). The first kappa shape index (κ1) is 13.8. The van der Waals surface area contributed by atoms with E-state index in [2.05, 4.69) is 5.16 Å². The van der Waals surface area contributed by atoms with E-state index in [1.165, 1.54) is 13.5 Å². The van der Waals surface area contributed by atoms with E-state index in [1.807, 2.05) is 18.2 Å². The summed E-state index contributed by atoms with van der Waals surface area (Å²) in [7, 11) is 1.52. The minimum atomic E-state index is -0.154. The zero-order valence-electron chi connectivity index (χ0n) is 11.4. The molecular formula is C16H20FNO. The third-order valence-corrected chi connectivity index (χ3v) is 3.43. The van der Waals surface area contributed by atoms with Crippen LogP contribution in [0, 0.1) is 0 Å². The minimum absolute atomic E-state index is 0.154. The third-order valence-electron chi connectivity index (χ3n) is 3.43. The first-order chi connectivity index (χ1) is 9.33. The monoisotopic (exact) mass is 261 g/mol. The van der Waals surface area contributed by atoms with Gasteiger partial charge in [-0.2, -0.15) is 0 Å². The van der Waals surface area contributed by atoms with Crippen molar-refractivity contribution in [3.05, 3.63) is 41.5 Å². The van der Waals surface area contributed by atoms with E-state index < -0.39 is 0 Å². The summed E-state index contributed by atoms with van der Waals surface area (Å²) in [6.07, 6.45) is 5.94. The highest BCUT2D eigenvalue weighted by molar-refractivity contribution is 6.05. The maximum Gasteiger partial charge on any atom is 0.135 e. The van der Waals surface area contributed by atoms with Gasteiger partial charge in [0, 0.05) is 11.1 Å². The molecule has 0 spiro atoms. The molecule has 0 N–H and O–H groups in total. The molecule has 0 saturated heterocycles. The van der Waals surface area contributed by atoms with E-state index in [-0.39, 0.29) is 5.83 Å². The number of nitrogens with zero attached hydrogens (tertiary/aromatic N) is 1. The summed E-state index contributed by atoms with van der Waals surface area (Å²) < 4.78 is 14.7. The van der Waals surface area contributed by atoms with Gasteiger partial charge in [0.15, 0.2) is 0 Å². The Kier molecular flexibility index (Phi) is 5.13. The van der Waals surface area contributed by atoms with Gasteiger partial charge in [0.05, 0.1) is 5.71 Å². The van der Waals surface area contributed by atoms with Crippen LogP contribution in [0.15, 0.2) is 41.1 Å². The molecule has 0 heterocycles. The van der Waals surface area contributed by atoms with Crippen molar-refractivity contribution in [2.75, 3.05) is 7.11 Å². The second kappa shape index (κ2) is 7.07. The van der Waals surface area contributed by atoms with Gasteiger partial charge in [0.1, 0.15) is 12.9 Å². The number of benzene rings is 1. The van der Waals surface area contributed by atoms with Crippen LogP contribution in [-0.4, -0.2) is 12.8 Å². The summed E-state index contributed by atoms with van der Waals surface area (Å²) in [6, 6.07) is 9.19. The van der Waals surface area contributed by atoms with Gasteiger partial charge in [-0.1, -0.05) is 48.3 Å². The lowest BCUT2D eigenvalue weighted by Crippen LogP contribution is -2.08. The van der Waals surface area contributed by atoms with E-state index in [1.54, 1.807) is 12.1 Å². The first-order valence-electron chi connectivity index (χ1n) is 6.87. The van der Waals surface area contributed by atoms with E-state index >= 15 is 0 Å². The van der Waals surface area contributed by atoms with Crippen molar-refractivity contribution in [3.63, 3.8) is 0 Å². The predicted molar refractivity (Wildman–Crippen MR) is 76.6 cm³/mol. The summed E-state index contributed by atoms with van der Waals surface area (Å²) in [5, 5.41) is 4.03. The second-order valence-electron chi connectivity index (χ2n) is 4.79. The van der Waals surface area contributed by atoms with Crippen LogP contribution in [-0.2, 0) is 4.84 Å². The number of oxime groups is 1. The molecule has 0 bridgehead atoms. The van der Waals surface area contributed by atoms with Gasteiger partial charge in [0.25, 0.3) is 0 Å². The van der Waals surface area contributed by atoms with Crippen molar-refractivity contribution in [2.24, 2.45) is 5.16 Å². The third kappa shape index (κ3) is 3.66. The Labute approximate surface area is 114 Å². The van der Waals surface area contributed by atoms with Crippen LogP contribution in [0.3, 0.4) is 0 Å². The summed E-state index contributed by atoms with van der Waals surface area (Å²) in [5.41, 5.74) is 2.11. The number of hydrogen-bond donors (Lipinski definition) is 0. The molecule has 0 radical (unpaired) electrons. The highest BCUT2D eigenvalue weighted by Gasteiger charge is 2.17. The average Bonchev–Trinajstić information content (AvgIpc) is 2.43. The Hall–Kier alpha value is -1.64. The molecule has 0 amide bonds. The molecule has 0 unspecified atom stereocenters. The molecule has 102 valence electrons. The zero-order chi connectivity index (χ0) is 13.5. The fourth-order valence-corrected chi connectivity index (χ4v) is 2.45. The van der Waals surface area contributed by atoms with Crippen molar-refractivity contribution in [1.29, 1.82) is 0 Å². The summed E-state index contributed by atoms with van der Waals surface area (Å²) >= 11 is 0. The highest BCUT2D eigenvalue weighted by Crippen LogP contribution is 2.28. The van der Waals surface area contributed by atoms with Crippen LogP contribution in [0.2, 0.25) is 0 Å². The lowest BCUT2D eigenvalue weighted by molar-refractivity contribution is 0.212. The quantitative estimate of drug-likeness (QED) is 0.706. The fraction of sp³-hybridized carbons (Fsp3) is 0.438. The Balaban J connectivity index is 2.37. The molecule has 0 aromatic heterocycles. The van der Waals surface area contributed by atoms with E-state index in [0.717, 1.165) is 37.8 Å². The molecule has 3 heteroatoms. The SMILES string of the molecule is CO/N=C1\CCCCCC\C1=C(\F)c1ccccc1. The van der Waals surface area contributed by atoms with Crippen LogP contribution in [0.4, 0.5) is 4.39 Å². The largest absolute Gasteiger partial charge is 0.399 e. The van der Waals surface area contributed by atoms with Crippen molar-refractivity contribution >= 4 is 11.5 Å². The summed E-state index contributed by atoms with van der Waals surface area (Å²) in [6.45, 7) is 0.